The molecule has 0 amide bonds. The normalized spacial score (nSPS) is 31.2. The molecule has 0 radical (unpaired) electrons. The minimum atomic E-state index is 0.436. The predicted molar refractivity (Wildman–Crippen MR) is 79.1 cm³/mol. The molecule has 0 atom stereocenters. The summed E-state index contributed by atoms with van der Waals surface area (Å²) >= 11 is 4.06. The van der Waals surface area contributed by atoms with Gasteiger partial charge in [0.25, 0.3) is 0 Å². The molecule has 1 N–H and O–H groups in total. The zero-order valence-corrected chi connectivity index (χ0v) is 12.0. The minimum absolute atomic E-state index is 0.436. The number of amidine groups is 1. The number of hydrogen-bond acceptors (Lipinski definition) is 3. The first-order valence-corrected chi connectivity index (χ1v) is 9.04. The van der Waals surface area contributed by atoms with Gasteiger partial charge in [-0.05, 0) is 43.1 Å². The SMILES string of the molecule is C1CCC2(C1)CSC(=NCC1CCSCC1)N2. The van der Waals surface area contributed by atoms with E-state index in [1.54, 1.807) is 0 Å². The first-order valence-electron chi connectivity index (χ1n) is 6.90. The van der Waals surface area contributed by atoms with E-state index in [4.69, 9.17) is 4.99 Å². The Kier molecular flexibility index (Phi) is 3.90. The van der Waals surface area contributed by atoms with Crippen LogP contribution in [0.3, 0.4) is 0 Å². The van der Waals surface area contributed by atoms with E-state index in [0.29, 0.717) is 5.54 Å². The lowest BCUT2D eigenvalue weighted by atomic mass is 10.0. The van der Waals surface area contributed by atoms with Gasteiger partial charge in [0.15, 0.2) is 5.17 Å². The molecule has 0 aromatic carbocycles. The van der Waals surface area contributed by atoms with Crippen LogP contribution in [-0.4, -0.2) is 34.5 Å². The van der Waals surface area contributed by atoms with Crippen molar-refractivity contribution in [2.24, 2.45) is 10.9 Å². The number of nitrogens with one attached hydrogen (secondary N) is 1. The van der Waals surface area contributed by atoms with Crippen molar-refractivity contribution in [3.8, 4) is 0 Å². The Morgan fingerprint density at radius 2 is 2.00 bits per heavy atom. The molecular formula is C13H22N2S2. The quantitative estimate of drug-likeness (QED) is 0.834. The summed E-state index contributed by atoms with van der Waals surface area (Å²) < 4.78 is 0. The van der Waals surface area contributed by atoms with E-state index in [1.807, 2.05) is 11.8 Å². The van der Waals surface area contributed by atoms with E-state index < -0.39 is 0 Å². The first-order chi connectivity index (χ1) is 8.36. The fourth-order valence-corrected chi connectivity index (χ4v) is 5.49. The molecule has 0 bridgehead atoms. The second-order valence-corrected chi connectivity index (χ2v) is 7.79. The number of rotatable bonds is 2. The Hall–Kier alpha value is 0.170. The monoisotopic (exact) mass is 270 g/mol. The summed E-state index contributed by atoms with van der Waals surface area (Å²) in [5.41, 5.74) is 0.436. The molecule has 1 saturated carbocycles. The van der Waals surface area contributed by atoms with E-state index in [2.05, 4.69) is 17.1 Å². The summed E-state index contributed by atoms with van der Waals surface area (Å²) in [6.07, 6.45) is 8.27. The second kappa shape index (κ2) is 5.43. The molecule has 3 aliphatic rings. The van der Waals surface area contributed by atoms with Crippen LogP contribution in [0.1, 0.15) is 38.5 Å². The molecule has 1 aliphatic carbocycles. The first kappa shape index (κ1) is 12.2. The average molecular weight is 270 g/mol. The smallest absolute Gasteiger partial charge is 0.157 e. The maximum Gasteiger partial charge on any atom is 0.157 e. The lowest BCUT2D eigenvalue weighted by molar-refractivity contribution is 0.450. The third-order valence-electron chi connectivity index (χ3n) is 4.25. The Labute approximate surface area is 113 Å². The van der Waals surface area contributed by atoms with E-state index in [-0.39, 0.29) is 0 Å². The van der Waals surface area contributed by atoms with Gasteiger partial charge in [0.2, 0.25) is 0 Å². The van der Waals surface area contributed by atoms with Crippen LogP contribution in [0.4, 0.5) is 0 Å². The lowest BCUT2D eigenvalue weighted by Crippen LogP contribution is -2.40. The highest BCUT2D eigenvalue weighted by molar-refractivity contribution is 8.14. The van der Waals surface area contributed by atoms with Gasteiger partial charge in [-0.25, -0.2) is 0 Å². The summed E-state index contributed by atoms with van der Waals surface area (Å²) in [4.78, 5) is 4.83. The summed E-state index contributed by atoms with van der Waals surface area (Å²) in [6.45, 7) is 1.06. The van der Waals surface area contributed by atoms with Crippen LogP contribution in [0, 0.1) is 5.92 Å². The highest BCUT2D eigenvalue weighted by atomic mass is 32.2. The van der Waals surface area contributed by atoms with Gasteiger partial charge < -0.3 is 5.32 Å². The number of aliphatic imine (C=N–C) groups is 1. The third kappa shape index (κ3) is 2.95. The molecule has 0 aromatic heterocycles. The minimum Gasteiger partial charge on any atom is -0.359 e. The molecule has 2 aliphatic heterocycles. The standard InChI is InChI=1S/C13H22N2S2/c1-2-6-13(5-1)10-17-12(15-13)14-9-11-3-7-16-8-4-11/h11H,1-10H2,(H,14,15). The number of thioether (sulfide) groups is 2. The molecule has 0 aromatic rings. The van der Waals surface area contributed by atoms with Crippen LogP contribution in [0.2, 0.25) is 0 Å². The van der Waals surface area contributed by atoms with Crippen LogP contribution in [-0.2, 0) is 0 Å². The van der Waals surface area contributed by atoms with Crippen molar-refractivity contribution in [2.45, 2.75) is 44.1 Å². The zero-order valence-electron chi connectivity index (χ0n) is 10.4. The Morgan fingerprint density at radius 3 is 2.76 bits per heavy atom. The van der Waals surface area contributed by atoms with Crippen LogP contribution in [0.15, 0.2) is 4.99 Å². The van der Waals surface area contributed by atoms with Gasteiger partial charge >= 0.3 is 0 Å². The Bertz CT molecular complexity index is 292. The van der Waals surface area contributed by atoms with E-state index >= 15 is 0 Å². The summed E-state index contributed by atoms with van der Waals surface area (Å²) in [6, 6.07) is 0. The Morgan fingerprint density at radius 1 is 1.24 bits per heavy atom. The maximum atomic E-state index is 4.83. The summed E-state index contributed by atoms with van der Waals surface area (Å²) in [7, 11) is 0. The molecular weight excluding hydrogens is 248 g/mol. The van der Waals surface area contributed by atoms with E-state index in [0.717, 1.165) is 12.5 Å². The molecule has 3 rings (SSSR count). The predicted octanol–water partition coefficient (Wildman–Crippen LogP) is 3.13. The van der Waals surface area contributed by atoms with Crippen molar-refractivity contribution in [1.29, 1.82) is 0 Å². The molecule has 2 heterocycles. The molecule has 4 heteroatoms. The molecule has 0 unspecified atom stereocenters. The molecule has 2 saturated heterocycles. The van der Waals surface area contributed by atoms with Crippen LogP contribution >= 0.6 is 23.5 Å². The number of nitrogens with zero attached hydrogens (tertiary/aromatic N) is 1. The van der Waals surface area contributed by atoms with Crippen molar-refractivity contribution < 1.29 is 0 Å². The van der Waals surface area contributed by atoms with Crippen molar-refractivity contribution in [3.05, 3.63) is 0 Å². The number of hydrogen-bond donors (Lipinski definition) is 1. The van der Waals surface area contributed by atoms with Crippen molar-refractivity contribution in [2.75, 3.05) is 23.8 Å². The molecule has 3 fully saturated rings. The van der Waals surface area contributed by atoms with E-state index in [1.165, 1.54) is 61.0 Å². The molecule has 96 valence electrons. The maximum absolute atomic E-state index is 4.83. The van der Waals surface area contributed by atoms with Gasteiger partial charge in [0.1, 0.15) is 0 Å². The van der Waals surface area contributed by atoms with Crippen LogP contribution in [0.5, 0.6) is 0 Å². The molecule has 1 spiro atoms. The van der Waals surface area contributed by atoms with Crippen LogP contribution < -0.4 is 5.32 Å². The zero-order chi connectivity index (χ0) is 11.6. The lowest BCUT2D eigenvalue weighted by Gasteiger charge is -2.22. The molecule has 2 nitrogen and oxygen atoms in total. The average Bonchev–Trinajstić information content (AvgIpc) is 2.99. The highest BCUT2D eigenvalue weighted by Crippen LogP contribution is 2.37. The second-order valence-electron chi connectivity index (χ2n) is 5.60. The summed E-state index contributed by atoms with van der Waals surface area (Å²) in [5, 5.41) is 4.95. The molecule has 17 heavy (non-hydrogen) atoms. The topological polar surface area (TPSA) is 24.4 Å². The van der Waals surface area contributed by atoms with Gasteiger partial charge in [-0.3, -0.25) is 4.99 Å². The van der Waals surface area contributed by atoms with Crippen molar-refractivity contribution >= 4 is 28.7 Å². The van der Waals surface area contributed by atoms with Gasteiger partial charge in [-0.15, -0.1) is 0 Å². The summed E-state index contributed by atoms with van der Waals surface area (Å²) in [5.74, 6) is 4.80. The highest BCUT2D eigenvalue weighted by Gasteiger charge is 2.39. The van der Waals surface area contributed by atoms with E-state index in [9.17, 15) is 0 Å². The Balaban J connectivity index is 1.51. The van der Waals surface area contributed by atoms with Gasteiger partial charge in [0.05, 0.1) is 0 Å². The van der Waals surface area contributed by atoms with Gasteiger partial charge in [0, 0.05) is 17.8 Å². The van der Waals surface area contributed by atoms with Crippen LogP contribution in [0.25, 0.3) is 0 Å². The van der Waals surface area contributed by atoms with Gasteiger partial charge in [-0.1, -0.05) is 24.6 Å². The fourth-order valence-electron chi connectivity index (χ4n) is 3.05. The third-order valence-corrected chi connectivity index (χ3v) is 6.50. The van der Waals surface area contributed by atoms with Crippen molar-refractivity contribution in [1.82, 2.24) is 5.32 Å². The largest absolute Gasteiger partial charge is 0.359 e. The van der Waals surface area contributed by atoms with Crippen molar-refractivity contribution in [3.63, 3.8) is 0 Å². The fraction of sp³-hybridized carbons (Fsp3) is 0.923. The van der Waals surface area contributed by atoms with Gasteiger partial charge in [-0.2, -0.15) is 11.8 Å².